The maximum atomic E-state index is 13.3. The molecule has 4 aromatic carbocycles. The molecule has 0 fully saturated rings. The molecule has 0 bridgehead atoms. The molecule has 0 spiro atoms. The van der Waals surface area contributed by atoms with E-state index in [1.807, 2.05) is 24.3 Å². The minimum absolute atomic E-state index is 0.0340. The number of ketones is 2. The predicted octanol–water partition coefficient (Wildman–Crippen LogP) is 28.6. The van der Waals surface area contributed by atoms with Crippen LogP contribution in [-0.4, -0.2) is 38.8 Å². The lowest BCUT2D eigenvalue weighted by atomic mass is 10.0. The lowest BCUT2D eigenvalue weighted by molar-refractivity contribution is 0.103. The smallest absolute Gasteiger partial charge is 0.193 e. The van der Waals surface area contributed by atoms with Crippen LogP contribution in [0.15, 0.2) is 97.1 Å². The molecule has 0 saturated carbocycles. The van der Waals surface area contributed by atoms with Crippen LogP contribution in [0.5, 0.6) is 0 Å². The first-order valence-electron chi connectivity index (χ1n) is 38.4. The molecule has 90 heavy (non-hydrogen) atoms. The number of hydrogen-bond donors (Lipinski definition) is 0. The number of anilines is 2. The molecule has 4 rings (SSSR count). The van der Waals surface area contributed by atoms with E-state index in [1.54, 1.807) is 48.5 Å². The maximum absolute atomic E-state index is 13.3. The Bertz CT molecular complexity index is 2040. The van der Waals surface area contributed by atoms with Crippen molar-refractivity contribution in [2.75, 3.05) is 37.0 Å². The van der Waals surface area contributed by atoms with Crippen molar-refractivity contribution >= 4 is 46.1 Å². The van der Waals surface area contributed by atoms with Crippen molar-refractivity contribution in [2.24, 2.45) is 0 Å². The predicted molar refractivity (Wildman–Crippen MR) is 403 cm³/mol. The van der Waals surface area contributed by atoms with Gasteiger partial charge in [-0.1, -0.05) is 359 Å². The summed E-state index contributed by atoms with van der Waals surface area (Å²) in [4.78, 5) is 29.9. The summed E-state index contributed by atoms with van der Waals surface area (Å²) < 4.78 is 0. The van der Waals surface area contributed by atoms with Gasteiger partial charge in [0.25, 0.3) is 0 Å². The summed E-state index contributed by atoms with van der Waals surface area (Å²) >= 11 is 11.5. The third kappa shape index (κ3) is 45.7. The highest BCUT2D eigenvalue weighted by molar-refractivity contribution is 6.31. The number of carbonyl (C=O) groups excluding carboxylic acids is 2. The summed E-state index contributed by atoms with van der Waals surface area (Å²) in [6, 6.07) is 30.1. The third-order valence-electron chi connectivity index (χ3n) is 18.5. The van der Waals surface area contributed by atoms with Crippen LogP contribution >= 0.6 is 23.2 Å². The monoisotopic (exact) mass is 1280 g/mol. The molecule has 4 nitrogen and oxygen atoms in total. The summed E-state index contributed by atoms with van der Waals surface area (Å²) in [5.41, 5.74) is 5.16. The normalized spacial score (nSPS) is 11.1. The van der Waals surface area contributed by atoms with E-state index >= 15 is 0 Å². The van der Waals surface area contributed by atoms with Crippen LogP contribution in [0.2, 0.25) is 10.0 Å². The number of benzene rings is 4. The Labute approximate surface area is 567 Å². The van der Waals surface area contributed by atoms with Crippen LogP contribution < -0.4 is 9.80 Å². The molecule has 4 aromatic rings. The third-order valence-corrected chi connectivity index (χ3v) is 19.0. The van der Waals surface area contributed by atoms with Gasteiger partial charge in [0.2, 0.25) is 0 Å². The van der Waals surface area contributed by atoms with Crippen molar-refractivity contribution in [3.05, 3.63) is 129 Å². The Kier molecular flexibility index (Phi) is 55.3. The summed E-state index contributed by atoms with van der Waals surface area (Å²) in [6.45, 7) is 11.3. The van der Waals surface area contributed by atoms with E-state index in [1.165, 1.54) is 332 Å². The Morgan fingerprint density at radius 3 is 0.544 bits per heavy atom. The first-order valence-corrected chi connectivity index (χ1v) is 39.1. The Morgan fingerprint density at radius 2 is 0.378 bits per heavy atom. The molecule has 0 heterocycles. The van der Waals surface area contributed by atoms with Crippen LogP contribution in [0.25, 0.3) is 0 Å². The maximum Gasteiger partial charge on any atom is 0.193 e. The number of carbonyl (C=O) groups is 2. The number of hydrogen-bond acceptors (Lipinski definition) is 4. The summed E-state index contributed by atoms with van der Waals surface area (Å²) in [5, 5.41) is 1.24. The molecule has 0 aromatic heterocycles. The second-order valence-electron chi connectivity index (χ2n) is 26.9. The molecule has 0 atom stereocenters. The van der Waals surface area contributed by atoms with E-state index in [9.17, 15) is 9.59 Å². The summed E-state index contributed by atoms with van der Waals surface area (Å²) in [6.07, 6.45) is 71.3. The largest absolute Gasteiger partial charge is 0.375 e. The molecule has 0 unspecified atom stereocenters. The van der Waals surface area contributed by atoms with Gasteiger partial charge in [-0.05, 0) is 110 Å². The van der Waals surface area contributed by atoms with Crippen molar-refractivity contribution in [3.63, 3.8) is 0 Å². The van der Waals surface area contributed by atoms with Crippen molar-refractivity contribution in [1.82, 2.24) is 0 Å². The summed E-state index contributed by atoms with van der Waals surface area (Å²) in [7, 11) is 4.36. The highest BCUT2D eigenvalue weighted by atomic mass is 35.5. The number of rotatable bonds is 57. The van der Waals surface area contributed by atoms with Gasteiger partial charge in [0.1, 0.15) is 0 Å². The lowest BCUT2D eigenvalue weighted by Gasteiger charge is -2.20. The molecule has 0 saturated heterocycles. The van der Waals surface area contributed by atoms with Gasteiger partial charge in [-0.3, -0.25) is 9.59 Å². The second kappa shape index (κ2) is 60.3. The van der Waals surface area contributed by atoms with Gasteiger partial charge in [0.15, 0.2) is 11.6 Å². The van der Waals surface area contributed by atoms with E-state index in [0.717, 1.165) is 24.2 Å². The molecule has 0 amide bonds. The highest BCUT2D eigenvalue weighted by Crippen LogP contribution is 2.23. The molecule has 0 aliphatic carbocycles. The molecule has 0 aliphatic heterocycles. The van der Waals surface area contributed by atoms with Crippen LogP contribution in [0, 0.1) is 0 Å². The molecule has 0 radical (unpaired) electrons. The zero-order valence-electron chi connectivity index (χ0n) is 59.5. The molecule has 6 heteroatoms. The fourth-order valence-electron chi connectivity index (χ4n) is 12.3. The van der Waals surface area contributed by atoms with E-state index in [4.69, 9.17) is 23.2 Å². The molecule has 0 N–H and O–H groups in total. The Morgan fingerprint density at radius 1 is 0.233 bits per heavy atom. The van der Waals surface area contributed by atoms with Gasteiger partial charge in [-0.2, -0.15) is 0 Å². The quantitative estimate of drug-likeness (QED) is 0.0326. The average Bonchev–Trinajstić information content (AvgIpc) is 1.73. The van der Waals surface area contributed by atoms with Crippen molar-refractivity contribution in [1.29, 1.82) is 0 Å². The molecule has 510 valence electrons. The van der Waals surface area contributed by atoms with Gasteiger partial charge in [-0.25, -0.2) is 0 Å². The minimum Gasteiger partial charge on any atom is -0.375 e. The van der Waals surface area contributed by atoms with Crippen LogP contribution in [-0.2, 0) is 0 Å². The zero-order chi connectivity index (χ0) is 65.0. The van der Waals surface area contributed by atoms with E-state index < -0.39 is 0 Å². The molecular formula is C84H138Cl2N2O2. The highest BCUT2D eigenvalue weighted by Gasteiger charge is 2.12. The summed E-state index contributed by atoms with van der Waals surface area (Å²) in [5.74, 6) is 0.0716. The standard InChI is InChI=1S/C51H88N2O.C20H42.C13H8Cl2O/c1-5-7-9-11-13-15-17-19-21-23-25-27-29-31-33-35-45-52(3)49-41-37-47(38-42-49)51(54)48-39-43-50(44-40-48)53(4)46-36-34-32-30-28-26-24-22-20-18-16-14-12-10-8-6-2;1-3-5-7-9-11-13-15-17-19-20-18-16-14-12-10-8-6-4-2;14-11-5-1-9(2-6-11)13(16)10-3-7-12(15)8-4-10/h37-44H,5-36,45-46H2,1-4H3;3-20H2,1-2H3;1-8H. The lowest BCUT2D eigenvalue weighted by Crippen LogP contribution is -2.18. The van der Waals surface area contributed by atoms with E-state index in [2.05, 4.69) is 75.9 Å². The fraction of sp³-hybridized carbons (Fsp3) is 0.690. The van der Waals surface area contributed by atoms with Gasteiger partial charge in [0.05, 0.1) is 0 Å². The van der Waals surface area contributed by atoms with E-state index in [0.29, 0.717) is 21.2 Å². The van der Waals surface area contributed by atoms with Gasteiger partial charge in [-0.15, -0.1) is 0 Å². The van der Waals surface area contributed by atoms with Gasteiger partial charge < -0.3 is 9.80 Å². The second-order valence-corrected chi connectivity index (χ2v) is 27.7. The van der Waals surface area contributed by atoms with E-state index in [-0.39, 0.29) is 11.6 Å². The first-order chi connectivity index (χ1) is 44.1. The molecule has 0 aliphatic rings. The van der Waals surface area contributed by atoms with Crippen LogP contribution in [0.4, 0.5) is 11.4 Å². The van der Waals surface area contributed by atoms with Crippen molar-refractivity contribution < 1.29 is 9.59 Å². The zero-order valence-corrected chi connectivity index (χ0v) is 61.0. The Hall–Kier alpha value is -3.60. The van der Waals surface area contributed by atoms with Crippen LogP contribution in [0.3, 0.4) is 0 Å². The Balaban J connectivity index is 0.000000615. The first kappa shape index (κ1) is 82.5. The average molecular weight is 1280 g/mol. The number of nitrogens with zero attached hydrogens (tertiary/aromatic N) is 2. The van der Waals surface area contributed by atoms with Crippen molar-refractivity contribution in [2.45, 2.75) is 349 Å². The fourth-order valence-corrected chi connectivity index (χ4v) is 12.5. The van der Waals surface area contributed by atoms with Crippen molar-refractivity contribution in [3.8, 4) is 0 Å². The van der Waals surface area contributed by atoms with Gasteiger partial charge in [0, 0.05) is 70.9 Å². The topological polar surface area (TPSA) is 40.6 Å². The van der Waals surface area contributed by atoms with Crippen LogP contribution in [0.1, 0.15) is 381 Å². The molecular weight excluding hydrogens is 1140 g/mol. The SMILES string of the molecule is CCCCCCCCCCCCCCCCCCCC.CCCCCCCCCCCCCCCCCCN(C)c1ccc(C(=O)c2ccc(N(C)CCCCCCCCCCCCCCCCCC)cc2)cc1.O=C(c1ccc(Cl)cc1)c1ccc(Cl)cc1. The minimum atomic E-state index is -0.0340. The number of halogens is 2. The van der Waals surface area contributed by atoms with Gasteiger partial charge >= 0.3 is 0 Å². The number of unbranched alkanes of at least 4 members (excludes halogenated alkanes) is 47.